The molecule has 128 valence electrons. The minimum absolute atomic E-state index is 0.183. The molecule has 2 heterocycles. The van der Waals surface area contributed by atoms with E-state index in [1.54, 1.807) is 0 Å². The van der Waals surface area contributed by atoms with Crippen molar-refractivity contribution in [2.75, 3.05) is 5.32 Å². The number of aromatic nitrogens is 2. The molecule has 1 aliphatic heterocycles. The predicted octanol–water partition coefficient (Wildman–Crippen LogP) is 3.87. The molecular weight excluding hydrogens is 298 g/mol. The first-order valence-corrected chi connectivity index (χ1v) is 9.54. The van der Waals surface area contributed by atoms with Crippen LogP contribution in [0.1, 0.15) is 57.9 Å². The van der Waals surface area contributed by atoms with Gasteiger partial charge in [-0.2, -0.15) is 5.10 Å². The van der Waals surface area contributed by atoms with Crippen LogP contribution < -0.4 is 5.32 Å². The van der Waals surface area contributed by atoms with Crippen molar-refractivity contribution in [3.8, 4) is 0 Å². The van der Waals surface area contributed by atoms with Crippen molar-refractivity contribution in [3.63, 3.8) is 0 Å². The third-order valence-corrected chi connectivity index (χ3v) is 7.92. The van der Waals surface area contributed by atoms with Gasteiger partial charge in [-0.3, -0.25) is 9.89 Å². The van der Waals surface area contributed by atoms with E-state index in [0.717, 1.165) is 43.3 Å². The summed E-state index contributed by atoms with van der Waals surface area (Å²) in [6.07, 6.45) is 11.8. The molecule has 4 aliphatic rings. The highest BCUT2D eigenvalue weighted by Crippen LogP contribution is 2.61. The zero-order chi connectivity index (χ0) is 16.5. The van der Waals surface area contributed by atoms with E-state index >= 15 is 0 Å². The molecule has 2 N–H and O–H groups in total. The lowest BCUT2D eigenvalue weighted by Crippen LogP contribution is -2.58. The summed E-state index contributed by atoms with van der Waals surface area (Å²) in [5.41, 5.74) is 3.25. The fourth-order valence-electron chi connectivity index (χ4n) is 6.51. The standard InChI is InChI=1S/C20H27N3O/c1-19-7-5-14(24)10-13(19)3-4-15-16(19)6-8-20(2)17(15)9-12-11-21-23-18(12)22-20/h10-11,15-17H,3-9H2,1-2H3,(H2,21,22,23)/t15-,16-,17+,19+,20+/m0/s1. The van der Waals surface area contributed by atoms with E-state index in [1.165, 1.54) is 30.4 Å². The second-order valence-corrected chi connectivity index (χ2v) is 9.02. The average molecular weight is 325 g/mol. The number of nitrogens with one attached hydrogen (secondary N) is 2. The van der Waals surface area contributed by atoms with Crippen molar-refractivity contribution in [2.24, 2.45) is 23.2 Å². The van der Waals surface area contributed by atoms with E-state index in [1.807, 2.05) is 12.3 Å². The highest BCUT2D eigenvalue weighted by Gasteiger charge is 2.56. The summed E-state index contributed by atoms with van der Waals surface area (Å²) in [7, 11) is 0. The highest BCUT2D eigenvalue weighted by atomic mass is 16.1. The van der Waals surface area contributed by atoms with Crippen molar-refractivity contribution < 1.29 is 4.79 Å². The van der Waals surface area contributed by atoms with Crippen molar-refractivity contribution in [1.82, 2.24) is 10.2 Å². The van der Waals surface area contributed by atoms with E-state index in [4.69, 9.17) is 0 Å². The Kier molecular flexibility index (Phi) is 2.91. The van der Waals surface area contributed by atoms with Crippen LogP contribution in [0.3, 0.4) is 0 Å². The molecule has 5 rings (SSSR count). The monoisotopic (exact) mass is 325 g/mol. The van der Waals surface area contributed by atoms with Crippen molar-refractivity contribution >= 4 is 11.6 Å². The minimum Gasteiger partial charge on any atom is -0.365 e. The molecule has 4 heteroatoms. The van der Waals surface area contributed by atoms with Crippen LogP contribution in [0, 0.1) is 23.2 Å². The number of nitrogens with zero attached hydrogens (tertiary/aromatic N) is 1. The van der Waals surface area contributed by atoms with Gasteiger partial charge in [-0.25, -0.2) is 0 Å². The second-order valence-electron chi connectivity index (χ2n) is 9.02. The molecule has 1 aromatic rings. The molecule has 0 spiro atoms. The van der Waals surface area contributed by atoms with E-state index in [-0.39, 0.29) is 11.0 Å². The fourth-order valence-corrected chi connectivity index (χ4v) is 6.51. The number of allylic oxidation sites excluding steroid dienone is 2. The van der Waals surface area contributed by atoms with Crippen LogP contribution in [0.15, 0.2) is 17.8 Å². The first-order valence-electron chi connectivity index (χ1n) is 9.54. The number of aromatic amines is 1. The lowest BCUT2D eigenvalue weighted by Gasteiger charge is -2.60. The summed E-state index contributed by atoms with van der Waals surface area (Å²) in [5, 5.41) is 11.2. The lowest BCUT2D eigenvalue weighted by atomic mass is 9.47. The third kappa shape index (κ3) is 1.86. The van der Waals surface area contributed by atoms with Crippen molar-refractivity contribution in [2.45, 2.75) is 64.3 Å². The van der Waals surface area contributed by atoms with Gasteiger partial charge in [-0.15, -0.1) is 0 Å². The first-order chi connectivity index (χ1) is 11.5. The molecule has 24 heavy (non-hydrogen) atoms. The average Bonchev–Trinajstić information content (AvgIpc) is 2.99. The fraction of sp³-hybridized carbons (Fsp3) is 0.700. The molecule has 0 aromatic carbocycles. The Bertz CT molecular complexity index is 735. The summed E-state index contributed by atoms with van der Waals surface area (Å²) in [6, 6.07) is 0. The van der Waals surface area contributed by atoms with Gasteiger partial charge in [0.15, 0.2) is 5.78 Å². The van der Waals surface area contributed by atoms with Gasteiger partial charge < -0.3 is 5.32 Å². The number of hydrogen-bond acceptors (Lipinski definition) is 3. The summed E-state index contributed by atoms with van der Waals surface area (Å²) in [4.78, 5) is 11.9. The van der Waals surface area contributed by atoms with Gasteiger partial charge in [0.1, 0.15) is 5.82 Å². The lowest BCUT2D eigenvalue weighted by molar-refractivity contribution is -0.117. The van der Waals surface area contributed by atoms with Gasteiger partial charge in [0.2, 0.25) is 0 Å². The highest BCUT2D eigenvalue weighted by molar-refractivity contribution is 5.91. The summed E-state index contributed by atoms with van der Waals surface area (Å²) in [6.45, 7) is 4.86. The number of carbonyl (C=O) groups excluding carboxylic acids is 1. The Balaban J connectivity index is 1.52. The Hall–Kier alpha value is -1.58. The molecule has 0 amide bonds. The smallest absolute Gasteiger partial charge is 0.155 e. The van der Waals surface area contributed by atoms with Crippen molar-refractivity contribution in [1.29, 1.82) is 0 Å². The third-order valence-electron chi connectivity index (χ3n) is 7.92. The second kappa shape index (κ2) is 4.74. The molecule has 4 nitrogen and oxygen atoms in total. The molecule has 3 aliphatic carbocycles. The van der Waals surface area contributed by atoms with Crippen LogP contribution in [0.4, 0.5) is 5.82 Å². The molecule has 0 saturated heterocycles. The Morgan fingerprint density at radius 3 is 2.92 bits per heavy atom. The van der Waals surface area contributed by atoms with Gasteiger partial charge in [0.05, 0.1) is 6.20 Å². The van der Waals surface area contributed by atoms with Crippen LogP contribution in [0.2, 0.25) is 0 Å². The quantitative estimate of drug-likeness (QED) is 0.761. The van der Waals surface area contributed by atoms with Gasteiger partial charge >= 0.3 is 0 Å². The number of H-pyrrole nitrogens is 1. The predicted molar refractivity (Wildman–Crippen MR) is 93.7 cm³/mol. The summed E-state index contributed by atoms with van der Waals surface area (Å²) in [5.74, 6) is 3.66. The molecule has 0 bridgehead atoms. The maximum absolute atomic E-state index is 11.9. The van der Waals surface area contributed by atoms with E-state index in [2.05, 4.69) is 29.4 Å². The number of fused-ring (bicyclic) bond motifs is 6. The Morgan fingerprint density at radius 2 is 2.04 bits per heavy atom. The number of ketones is 1. The normalized spacial score (nSPS) is 43.7. The van der Waals surface area contributed by atoms with E-state index in [0.29, 0.717) is 11.7 Å². The van der Waals surface area contributed by atoms with E-state index < -0.39 is 0 Å². The Morgan fingerprint density at radius 1 is 1.17 bits per heavy atom. The molecule has 5 atom stereocenters. The number of carbonyl (C=O) groups is 1. The van der Waals surface area contributed by atoms with Crippen LogP contribution in [0.5, 0.6) is 0 Å². The molecule has 0 radical (unpaired) electrons. The Labute approximate surface area is 143 Å². The zero-order valence-electron chi connectivity index (χ0n) is 14.7. The largest absolute Gasteiger partial charge is 0.365 e. The maximum atomic E-state index is 11.9. The van der Waals surface area contributed by atoms with E-state index in [9.17, 15) is 4.79 Å². The zero-order valence-corrected chi connectivity index (χ0v) is 14.7. The molecule has 0 unspecified atom stereocenters. The van der Waals surface area contributed by atoms with Crippen LogP contribution in [0.25, 0.3) is 0 Å². The van der Waals surface area contributed by atoms with Crippen LogP contribution in [-0.4, -0.2) is 21.5 Å². The van der Waals surface area contributed by atoms with Gasteiger partial charge in [0, 0.05) is 17.5 Å². The molecule has 2 fully saturated rings. The maximum Gasteiger partial charge on any atom is 0.155 e. The SMILES string of the molecule is C[C@@]12CC[C@H]3[C@H](CCC4=CC(=O)CC[C@]43C)[C@H]1Cc1cn[nH]c1N2. The number of rotatable bonds is 0. The number of anilines is 1. The molecular formula is C20H27N3O. The summed E-state index contributed by atoms with van der Waals surface area (Å²) >= 11 is 0. The first kappa shape index (κ1) is 14.7. The summed E-state index contributed by atoms with van der Waals surface area (Å²) < 4.78 is 0. The van der Waals surface area contributed by atoms with Gasteiger partial charge in [-0.05, 0) is 74.7 Å². The molecule has 2 saturated carbocycles. The van der Waals surface area contributed by atoms with Gasteiger partial charge in [-0.1, -0.05) is 12.5 Å². The van der Waals surface area contributed by atoms with Crippen LogP contribution >= 0.6 is 0 Å². The topological polar surface area (TPSA) is 57.8 Å². The minimum atomic E-state index is 0.183. The van der Waals surface area contributed by atoms with Crippen molar-refractivity contribution in [3.05, 3.63) is 23.4 Å². The molecule has 1 aromatic heterocycles. The van der Waals surface area contributed by atoms with Crippen LogP contribution in [-0.2, 0) is 11.2 Å². The van der Waals surface area contributed by atoms with Gasteiger partial charge in [0.25, 0.3) is 0 Å². The number of hydrogen-bond donors (Lipinski definition) is 2.